The van der Waals surface area contributed by atoms with Gasteiger partial charge in [0.25, 0.3) is 11.8 Å². The van der Waals surface area contributed by atoms with Gasteiger partial charge < -0.3 is 16.4 Å². The highest BCUT2D eigenvalue weighted by Gasteiger charge is 2.36. The molecule has 1 aromatic heterocycles. The summed E-state index contributed by atoms with van der Waals surface area (Å²) in [5.74, 6) is -3.95. The first-order chi connectivity index (χ1) is 18.1. The Balaban J connectivity index is 1.80. The molecule has 0 aliphatic heterocycles. The van der Waals surface area contributed by atoms with Crippen LogP contribution >= 0.6 is 0 Å². The van der Waals surface area contributed by atoms with E-state index in [9.17, 15) is 27.2 Å². The van der Waals surface area contributed by atoms with Crippen molar-refractivity contribution in [2.24, 2.45) is 5.73 Å². The zero-order chi connectivity index (χ0) is 27.4. The van der Waals surface area contributed by atoms with Crippen LogP contribution in [-0.4, -0.2) is 27.5 Å². The Labute approximate surface area is 213 Å². The summed E-state index contributed by atoms with van der Waals surface area (Å²) in [6.45, 7) is 0. The number of anilines is 1. The van der Waals surface area contributed by atoms with Crippen LogP contribution in [0.3, 0.4) is 0 Å². The molecule has 8 nitrogen and oxygen atoms in total. The summed E-state index contributed by atoms with van der Waals surface area (Å²) in [6, 6.07) is 10.7. The topological polar surface area (TPSA) is 134 Å². The smallest absolute Gasteiger partial charge is 0.366 e. The predicted molar refractivity (Wildman–Crippen MR) is 131 cm³/mol. The van der Waals surface area contributed by atoms with Gasteiger partial charge in [-0.2, -0.15) is 13.2 Å². The van der Waals surface area contributed by atoms with E-state index >= 15 is 0 Å². The van der Waals surface area contributed by atoms with Gasteiger partial charge in [0.1, 0.15) is 11.6 Å². The number of alkyl halides is 3. The van der Waals surface area contributed by atoms with Crippen LogP contribution in [-0.2, 0) is 11.0 Å². The number of carbonyl (C=O) groups excluding carboxylic acids is 2. The summed E-state index contributed by atoms with van der Waals surface area (Å²) >= 11 is 0. The number of carbonyl (C=O) groups is 2. The van der Waals surface area contributed by atoms with Gasteiger partial charge in [-0.1, -0.05) is 24.3 Å². The van der Waals surface area contributed by atoms with Gasteiger partial charge in [0.05, 0.1) is 22.4 Å². The lowest BCUT2D eigenvalue weighted by atomic mass is 9.96. The molecule has 0 saturated carbocycles. The Morgan fingerprint density at radius 2 is 1.68 bits per heavy atom. The van der Waals surface area contributed by atoms with E-state index in [2.05, 4.69) is 20.6 Å². The van der Waals surface area contributed by atoms with Crippen LogP contribution < -0.4 is 16.4 Å². The summed E-state index contributed by atoms with van der Waals surface area (Å²) in [6.07, 6.45) is 1.62. The summed E-state index contributed by atoms with van der Waals surface area (Å²) in [5.41, 5.74) is 2.66. The molecule has 1 aliphatic rings. The molecule has 0 saturated heterocycles. The van der Waals surface area contributed by atoms with Crippen LogP contribution in [0.15, 0.2) is 96.1 Å². The number of amides is 2. The molecule has 2 aromatic carbocycles. The maximum absolute atomic E-state index is 14.9. The summed E-state index contributed by atoms with van der Waals surface area (Å²) in [5, 5.41) is 13.7. The van der Waals surface area contributed by atoms with Gasteiger partial charge in [-0.3, -0.25) is 15.0 Å². The second-order valence-electron chi connectivity index (χ2n) is 7.86. The molecule has 0 bridgehead atoms. The number of para-hydroxylation sites is 1. The van der Waals surface area contributed by atoms with Gasteiger partial charge in [0, 0.05) is 29.2 Å². The number of nitrogens with one attached hydrogen (secondary N) is 3. The van der Waals surface area contributed by atoms with E-state index in [0.717, 1.165) is 0 Å². The predicted octanol–water partition coefficient (Wildman–Crippen LogP) is 4.36. The number of hydrogen-bond donors (Lipinski definition) is 4. The molecule has 0 fully saturated rings. The maximum atomic E-state index is 14.9. The molecule has 4 rings (SSSR count). The number of primary amides is 1. The lowest BCUT2D eigenvalue weighted by molar-refractivity contribution is -0.137. The average molecular weight is 522 g/mol. The minimum Gasteiger partial charge on any atom is -0.366 e. The SMILES string of the molecule is N=C1C(C(N)=O)=CC=C/C1=C(\NC(=O)c1cc(-c2ncccn2)c(C(F)(F)F)cc1F)Nc1ccccc1. The zero-order valence-electron chi connectivity index (χ0n) is 19.3. The second-order valence-corrected chi connectivity index (χ2v) is 7.86. The molecule has 0 spiro atoms. The summed E-state index contributed by atoms with van der Waals surface area (Å²) in [7, 11) is 0. The Morgan fingerprint density at radius 1 is 1.00 bits per heavy atom. The van der Waals surface area contributed by atoms with Crippen molar-refractivity contribution in [2.45, 2.75) is 6.18 Å². The number of aromatic nitrogens is 2. The molecule has 0 radical (unpaired) electrons. The number of benzene rings is 2. The molecular weight excluding hydrogens is 504 g/mol. The molecular formula is C26H18F4N6O2. The van der Waals surface area contributed by atoms with Gasteiger partial charge in [-0.25, -0.2) is 14.4 Å². The van der Waals surface area contributed by atoms with Crippen molar-refractivity contribution in [3.63, 3.8) is 0 Å². The molecule has 192 valence electrons. The first-order valence-corrected chi connectivity index (χ1v) is 10.9. The minimum atomic E-state index is -4.95. The fourth-order valence-corrected chi connectivity index (χ4v) is 3.58. The standard InChI is InChI=1S/C26H18F4N6O2/c27-20-13-19(26(28,29)30)17(23-33-10-5-11-34-23)12-18(20)25(38)36-24(35-14-6-2-1-3-7-14)16-9-4-8-15(21(16)31)22(32)37/h1-13,31,35H,(H2,32,37)(H,36,38)/b24-16+,31-21?. The lowest BCUT2D eigenvalue weighted by Gasteiger charge is -2.20. The van der Waals surface area contributed by atoms with Crippen LogP contribution in [0.2, 0.25) is 0 Å². The fourth-order valence-electron chi connectivity index (χ4n) is 3.58. The normalized spacial score (nSPS) is 14.5. The van der Waals surface area contributed by atoms with Crippen molar-refractivity contribution in [1.82, 2.24) is 15.3 Å². The van der Waals surface area contributed by atoms with Crippen molar-refractivity contribution in [3.05, 3.63) is 113 Å². The third-order valence-corrected chi connectivity index (χ3v) is 5.34. The minimum absolute atomic E-state index is 0.0254. The van der Waals surface area contributed by atoms with Gasteiger partial charge in [-0.15, -0.1) is 0 Å². The fraction of sp³-hybridized carbons (Fsp3) is 0.0385. The highest BCUT2D eigenvalue weighted by Crippen LogP contribution is 2.37. The monoisotopic (exact) mass is 522 g/mol. The average Bonchev–Trinajstić information content (AvgIpc) is 2.88. The highest BCUT2D eigenvalue weighted by atomic mass is 19.4. The number of halogens is 4. The molecule has 0 unspecified atom stereocenters. The van der Waals surface area contributed by atoms with E-state index in [1.165, 1.54) is 36.7 Å². The molecule has 12 heteroatoms. The van der Waals surface area contributed by atoms with E-state index in [0.29, 0.717) is 11.8 Å². The van der Waals surface area contributed by atoms with Gasteiger partial charge in [0.15, 0.2) is 5.82 Å². The van der Waals surface area contributed by atoms with Crippen molar-refractivity contribution in [3.8, 4) is 11.4 Å². The Kier molecular flexibility index (Phi) is 7.15. The molecule has 3 aromatic rings. The van der Waals surface area contributed by atoms with Gasteiger partial charge >= 0.3 is 6.18 Å². The second kappa shape index (κ2) is 10.5. The molecule has 5 N–H and O–H groups in total. The molecule has 1 aliphatic carbocycles. The van der Waals surface area contributed by atoms with Crippen molar-refractivity contribution < 1.29 is 27.2 Å². The van der Waals surface area contributed by atoms with Gasteiger partial charge in [-0.05, 0) is 42.5 Å². The van der Waals surface area contributed by atoms with Gasteiger partial charge in [0.2, 0.25) is 0 Å². The van der Waals surface area contributed by atoms with Crippen molar-refractivity contribution in [2.75, 3.05) is 5.32 Å². The first kappa shape index (κ1) is 25.9. The van der Waals surface area contributed by atoms with E-state index in [-0.39, 0.29) is 34.6 Å². The molecule has 2 amide bonds. The third-order valence-electron chi connectivity index (χ3n) is 5.34. The summed E-state index contributed by atoms with van der Waals surface area (Å²) < 4.78 is 55.9. The van der Waals surface area contributed by atoms with E-state index in [1.807, 2.05) is 0 Å². The Hall–Kier alpha value is -5.13. The molecule has 38 heavy (non-hydrogen) atoms. The Morgan fingerprint density at radius 3 is 2.32 bits per heavy atom. The highest BCUT2D eigenvalue weighted by molar-refractivity contribution is 6.28. The number of allylic oxidation sites excluding steroid dienone is 4. The quantitative estimate of drug-likeness (QED) is 0.357. The molecule has 1 heterocycles. The number of nitrogens with zero attached hydrogens (tertiary/aromatic N) is 2. The molecule has 0 atom stereocenters. The van der Waals surface area contributed by atoms with Crippen molar-refractivity contribution >= 4 is 23.2 Å². The maximum Gasteiger partial charge on any atom is 0.417 e. The number of rotatable bonds is 6. The zero-order valence-corrected chi connectivity index (χ0v) is 19.3. The van der Waals surface area contributed by atoms with E-state index in [4.69, 9.17) is 11.1 Å². The first-order valence-electron chi connectivity index (χ1n) is 10.9. The van der Waals surface area contributed by atoms with Crippen LogP contribution in [0, 0.1) is 11.2 Å². The third kappa shape index (κ3) is 5.48. The largest absolute Gasteiger partial charge is 0.417 e. The number of nitrogens with two attached hydrogens (primary N) is 1. The Bertz CT molecular complexity index is 1510. The summed E-state index contributed by atoms with van der Waals surface area (Å²) in [4.78, 5) is 32.6. The van der Waals surface area contributed by atoms with Crippen LogP contribution in [0.25, 0.3) is 11.4 Å². The van der Waals surface area contributed by atoms with Crippen molar-refractivity contribution in [1.29, 1.82) is 5.41 Å². The van der Waals surface area contributed by atoms with Crippen LogP contribution in [0.4, 0.5) is 23.2 Å². The van der Waals surface area contributed by atoms with E-state index < -0.39 is 40.5 Å². The lowest BCUT2D eigenvalue weighted by Crippen LogP contribution is -2.32. The van der Waals surface area contributed by atoms with E-state index in [1.54, 1.807) is 30.3 Å². The van der Waals surface area contributed by atoms with Crippen LogP contribution in [0.5, 0.6) is 0 Å². The van der Waals surface area contributed by atoms with Crippen LogP contribution in [0.1, 0.15) is 15.9 Å². The number of hydrogen-bond acceptors (Lipinski definition) is 6.